The molecule has 23 heavy (non-hydrogen) atoms. The van der Waals surface area contributed by atoms with Gasteiger partial charge in [-0.1, -0.05) is 6.07 Å². The fourth-order valence-electron chi connectivity index (χ4n) is 3.62. The normalized spacial score (nSPS) is 25.2. The van der Waals surface area contributed by atoms with Crippen molar-refractivity contribution in [3.8, 4) is 0 Å². The molecule has 0 unspecified atom stereocenters. The minimum absolute atomic E-state index is 0.0122. The van der Waals surface area contributed by atoms with Crippen molar-refractivity contribution in [2.24, 2.45) is 0 Å². The van der Waals surface area contributed by atoms with Gasteiger partial charge in [-0.2, -0.15) is 0 Å². The van der Waals surface area contributed by atoms with Crippen LogP contribution >= 0.6 is 0 Å². The van der Waals surface area contributed by atoms with Gasteiger partial charge in [-0.15, -0.1) is 0 Å². The van der Waals surface area contributed by atoms with Crippen molar-refractivity contribution in [2.45, 2.75) is 64.1 Å². The lowest BCUT2D eigenvalue weighted by Gasteiger charge is -2.34. The van der Waals surface area contributed by atoms with Gasteiger partial charge in [-0.3, -0.25) is 14.5 Å². The Kier molecular flexibility index (Phi) is 4.76. The fourth-order valence-corrected chi connectivity index (χ4v) is 3.62. The third-order valence-corrected chi connectivity index (χ3v) is 5.04. The lowest BCUT2D eigenvalue weighted by molar-refractivity contribution is -0.141. The number of aryl methyl sites for hydroxylation is 1. The molecule has 1 aliphatic heterocycles. The summed E-state index contributed by atoms with van der Waals surface area (Å²) in [6, 6.07) is 5.30. The van der Waals surface area contributed by atoms with E-state index in [1.54, 1.807) is 12.1 Å². The number of nitrogens with zero attached hydrogens (tertiary/aromatic N) is 1. The standard InChI is InChI=1S/C18H23FN2O2/c1-12-2-3-14(19)10-13(12)11-20-15-4-6-16(7-5-15)21-17(22)8-9-18(21)23/h2-3,10,15-16,20H,4-9,11H2,1H3. The molecule has 4 nitrogen and oxygen atoms in total. The predicted octanol–water partition coefficient (Wildman–Crippen LogP) is 2.68. The van der Waals surface area contributed by atoms with E-state index in [9.17, 15) is 14.0 Å². The van der Waals surface area contributed by atoms with Crippen molar-refractivity contribution < 1.29 is 14.0 Å². The van der Waals surface area contributed by atoms with Crippen LogP contribution in [0.2, 0.25) is 0 Å². The van der Waals surface area contributed by atoms with Gasteiger partial charge in [-0.25, -0.2) is 4.39 Å². The average molecular weight is 318 g/mol. The van der Waals surface area contributed by atoms with Crippen molar-refractivity contribution in [3.63, 3.8) is 0 Å². The molecule has 1 heterocycles. The molecular formula is C18H23FN2O2. The van der Waals surface area contributed by atoms with Crippen LogP contribution in [0.25, 0.3) is 0 Å². The molecule has 0 atom stereocenters. The number of rotatable bonds is 4. The molecule has 0 bridgehead atoms. The van der Waals surface area contributed by atoms with E-state index < -0.39 is 0 Å². The highest BCUT2D eigenvalue weighted by molar-refractivity contribution is 6.02. The molecule has 0 spiro atoms. The van der Waals surface area contributed by atoms with Crippen LogP contribution in [0.4, 0.5) is 4.39 Å². The first-order valence-electron chi connectivity index (χ1n) is 8.38. The number of carbonyl (C=O) groups excluding carboxylic acids is 2. The van der Waals surface area contributed by atoms with E-state index in [0.717, 1.165) is 36.8 Å². The quantitative estimate of drug-likeness (QED) is 0.868. The summed E-state index contributed by atoms with van der Waals surface area (Å²) in [5.41, 5.74) is 2.07. The number of amides is 2. The zero-order chi connectivity index (χ0) is 16.4. The van der Waals surface area contributed by atoms with E-state index in [1.165, 1.54) is 11.0 Å². The van der Waals surface area contributed by atoms with Gasteiger partial charge in [0.25, 0.3) is 0 Å². The molecule has 5 heteroatoms. The largest absolute Gasteiger partial charge is 0.310 e. The molecule has 1 saturated heterocycles. The Morgan fingerprint density at radius 2 is 1.78 bits per heavy atom. The first-order valence-corrected chi connectivity index (χ1v) is 8.38. The Bertz CT molecular complexity index is 593. The Hall–Kier alpha value is -1.75. The van der Waals surface area contributed by atoms with Crippen LogP contribution in [0.3, 0.4) is 0 Å². The number of halogens is 1. The van der Waals surface area contributed by atoms with Gasteiger partial charge in [-0.05, 0) is 55.9 Å². The summed E-state index contributed by atoms with van der Waals surface area (Å²) in [6.45, 7) is 2.64. The smallest absolute Gasteiger partial charge is 0.229 e. The van der Waals surface area contributed by atoms with Crippen molar-refractivity contribution in [2.75, 3.05) is 0 Å². The lowest BCUT2D eigenvalue weighted by Crippen LogP contribution is -2.44. The lowest BCUT2D eigenvalue weighted by atomic mass is 9.90. The van der Waals surface area contributed by atoms with Gasteiger partial charge >= 0.3 is 0 Å². The number of hydrogen-bond acceptors (Lipinski definition) is 3. The molecule has 1 aromatic rings. The summed E-state index contributed by atoms with van der Waals surface area (Å²) in [5.74, 6) is -0.231. The minimum atomic E-state index is -0.206. The van der Waals surface area contributed by atoms with Gasteiger partial charge in [0.1, 0.15) is 5.82 Å². The molecule has 2 aliphatic rings. The molecule has 3 rings (SSSR count). The molecule has 1 aromatic carbocycles. The van der Waals surface area contributed by atoms with Crippen LogP contribution in [0.15, 0.2) is 18.2 Å². The van der Waals surface area contributed by atoms with Crippen LogP contribution in [-0.2, 0) is 16.1 Å². The number of likely N-dealkylation sites (tertiary alicyclic amines) is 1. The maximum Gasteiger partial charge on any atom is 0.229 e. The summed E-state index contributed by atoms with van der Waals surface area (Å²) in [4.78, 5) is 25.1. The summed E-state index contributed by atoms with van der Waals surface area (Å²) in [7, 11) is 0. The number of carbonyl (C=O) groups is 2. The van der Waals surface area contributed by atoms with E-state index in [-0.39, 0.29) is 23.7 Å². The van der Waals surface area contributed by atoms with E-state index in [1.807, 2.05) is 6.92 Å². The third-order valence-electron chi connectivity index (χ3n) is 5.04. The zero-order valence-electron chi connectivity index (χ0n) is 13.5. The molecule has 124 valence electrons. The highest BCUT2D eigenvalue weighted by atomic mass is 19.1. The van der Waals surface area contributed by atoms with Gasteiger partial charge in [0, 0.05) is 31.5 Å². The SMILES string of the molecule is Cc1ccc(F)cc1CNC1CCC(N2C(=O)CCC2=O)CC1. The third kappa shape index (κ3) is 3.61. The van der Waals surface area contributed by atoms with Crippen LogP contribution in [0.5, 0.6) is 0 Å². The summed E-state index contributed by atoms with van der Waals surface area (Å²) in [6.07, 6.45) is 4.34. The van der Waals surface area contributed by atoms with Crippen LogP contribution in [0.1, 0.15) is 49.7 Å². The van der Waals surface area contributed by atoms with Crippen molar-refractivity contribution in [1.82, 2.24) is 10.2 Å². The summed E-state index contributed by atoms with van der Waals surface area (Å²) < 4.78 is 13.3. The molecule has 2 amide bonds. The van der Waals surface area contributed by atoms with Crippen molar-refractivity contribution >= 4 is 11.8 Å². The first-order chi connectivity index (χ1) is 11.0. The van der Waals surface area contributed by atoms with Crippen LogP contribution < -0.4 is 5.32 Å². The highest BCUT2D eigenvalue weighted by Crippen LogP contribution is 2.27. The van der Waals surface area contributed by atoms with Gasteiger partial charge in [0.05, 0.1) is 0 Å². The second-order valence-electron chi connectivity index (χ2n) is 6.61. The van der Waals surface area contributed by atoms with Crippen molar-refractivity contribution in [1.29, 1.82) is 0 Å². The molecule has 1 N–H and O–H groups in total. The highest BCUT2D eigenvalue weighted by Gasteiger charge is 2.36. The van der Waals surface area contributed by atoms with Gasteiger partial charge in [0.2, 0.25) is 11.8 Å². The Morgan fingerprint density at radius 3 is 2.43 bits per heavy atom. The minimum Gasteiger partial charge on any atom is -0.310 e. The molecule has 0 aromatic heterocycles. The zero-order valence-corrected chi connectivity index (χ0v) is 13.5. The van der Waals surface area contributed by atoms with Crippen LogP contribution in [-0.4, -0.2) is 28.8 Å². The summed E-state index contributed by atoms with van der Waals surface area (Å²) >= 11 is 0. The van der Waals surface area contributed by atoms with Gasteiger partial charge in [0.15, 0.2) is 0 Å². The number of benzene rings is 1. The first kappa shape index (κ1) is 16.1. The monoisotopic (exact) mass is 318 g/mol. The summed E-state index contributed by atoms with van der Waals surface area (Å²) in [5, 5.41) is 3.48. The Balaban J connectivity index is 1.50. The number of imide groups is 1. The molecule has 0 radical (unpaired) electrons. The van der Waals surface area contributed by atoms with Crippen LogP contribution in [0, 0.1) is 12.7 Å². The fraction of sp³-hybridized carbons (Fsp3) is 0.556. The molecule has 2 fully saturated rings. The van der Waals surface area contributed by atoms with E-state index in [4.69, 9.17) is 0 Å². The Labute approximate surface area is 136 Å². The Morgan fingerprint density at radius 1 is 1.13 bits per heavy atom. The van der Waals surface area contributed by atoms with Crippen molar-refractivity contribution in [3.05, 3.63) is 35.1 Å². The van der Waals surface area contributed by atoms with E-state index >= 15 is 0 Å². The average Bonchev–Trinajstić information content (AvgIpc) is 2.88. The molecule has 1 aliphatic carbocycles. The second-order valence-corrected chi connectivity index (χ2v) is 6.61. The van der Waals surface area contributed by atoms with Gasteiger partial charge < -0.3 is 5.32 Å². The van der Waals surface area contributed by atoms with E-state index in [2.05, 4.69) is 5.32 Å². The molecular weight excluding hydrogens is 295 g/mol. The molecule has 1 saturated carbocycles. The predicted molar refractivity (Wildman–Crippen MR) is 85.1 cm³/mol. The van der Waals surface area contributed by atoms with E-state index in [0.29, 0.717) is 25.4 Å². The topological polar surface area (TPSA) is 49.4 Å². The maximum absolute atomic E-state index is 13.3. The number of hydrogen-bond donors (Lipinski definition) is 1. The maximum atomic E-state index is 13.3. The second kappa shape index (κ2) is 6.79. The number of nitrogens with one attached hydrogen (secondary N) is 1.